The maximum Gasteiger partial charge on any atom is 0.316 e. The van der Waals surface area contributed by atoms with Crippen LogP contribution >= 0.6 is 0 Å². The van der Waals surface area contributed by atoms with Gasteiger partial charge in [-0.1, -0.05) is 60.7 Å². The summed E-state index contributed by atoms with van der Waals surface area (Å²) < 4.78 is 20.6. The molecule has 1 unspecified atom stereocenters. The van der Waals surface area contributed by atoms with Crippen LogP contribution in [-0.2, 0) is 33.8 Å². The SMILES string of the molecule is CCOC(=O)C(Cc1ccnc(N(Cc2ccccc2)Cc2ccccc2)c1F)C(C)=O. The van der Waals surface area contributed by atoms with Crippen molar-refractivity contribution < 1.29 is 18.7 Å². The summed E-state index contributed by atoms with van der Waals surface area (Å²) in [7, 11) is 0. The van der Waals surface area contributed by atoms with E-state index in [2.05, 4.69) is 4.98 Å². The lowest BCUT2D eigenvalue weighted by atomic mass is 9.96. The van der Waals surface area contributed by atoms with E-state index in [0.29, 0.717) is 13.1 Å². The van der Waals surface area contributed by atoms with Gasteiger partial charge in [-0.3, -0.25) is 9.59 Å². The molecule has 0 aliphatic heterocycles. The highest BCUT2D eigenvalue weighted by Gasteiger charge is 2.27. The zero-order chi connectivity index (χ0) is 22.9. The van der Waals surface area contributed by atoms with Crippen LogP contribution in [0, 0.1) is 11.7 Å². The average molecular weight is 435 g/mol. The number of rotatable bonds is 10. The second-order valence-corrected chi connectivity index (χ2v) is 7.55. The molecule has 0 fully saturated rings. The predicted molar refractivity (Wildman–Crippen MR) is 121 cm³/mol. The van der Waals surface area contributed by atoms with E-state index in [-0.39, 0.29) is 30.2 Å². The first-order chi connectivity index (χ1) is 15.5. The molecule has 0 saturated carbocycles. The predicted octanol–water partition coefficient (Wildman–Crippen LogP) is 4.74. The quantitative estimate of drug-likeness (QED) is 0.341. The van der Waals surface area contributed by atoms with Gasteiger partial charge in [-0.2, -0.15) is 0 Å². The number of carbonyl (C=O) groups excluding carboxylic acids is 2. The van der Waals surface area contributed by atoms with Crippen molar-refractivity contribution in [2.45, 2.75) is 33.4 Å². The monoisotopic (exact) mass is 434 g/mol. The van der Waals surface area contributed by atoms with Crippen molar-refractivity contribution in [2.75, 3.05) is 11.5 Å². The van der Waals surface area contributed by atoms with E-state index in [1.807, 2.05) is 65.6 Å². The minimum Gasteiger partial charge on any atom is -0.465 e. The number of ketones is 1. The van der Waals surface area contributed by atoms with Crippen LogP contribution < -0.4 is 4.90 Å². The van der Waals surface area contributed by atoms with E-state index in [9.17, 15) is 9.59 Å². The lowest BCUT2D eigenvalue weighted by molar-refractivity contribution is -0.151. The molecular weight excluding hydrogens is 407 g/mol. The molecule has 1 atom stereocenters. The minimum atomic E-state index is -1.05. The summed E-state index contributed by atoms with van der Waals surface area (Å²) in [6, 6.07) is 21.0. The van der Waals surface area contributed by atoms with E-state index in [0.717, 1.165) is 11.1 Å². The number of aromatic nitrogens is 1. The summed E-state index contributed by atoms with van der Waals surface area (Å²) >= 11 is 0. The van der Waals surface area contributed by atoms with Gasteiger partial charge in [0.2, 0.25) is 0 Å². The molecule has 6 heteroatoms. The Balaban J connectivity index is 1.94. The third kappa shape index (κ3) is 6.00. The number of esters is 1. The maximum atomic E-state index is 15.6. The molecule has 1 aromatic heterocycles. The van der Waals surface area contributed by atoms with Gasteiger partial charge in [0.1, 0.15) is 11.7 Å². The van der Waals surface area contributed by atoms with E-state index in [1.165, 1.54) is 19.2 Å². The number of anilines is 1. The van der Waals surface area contributed by atoms with Crippen LogP contribution in [0.15, 0.2) is 72.9 Å². The molecule has 0 bridgehead atoms. The Hall–Kier alpha value is -3.54. The number of carbonyl (C=O) groups is 2. The normalized spacial score (nSPS) is 11.6. The van der Waals surface area contributed by atoms with E-state index < -0.39 is 17.7 Å². The molecule has 166 valence electrons. The summed E-state index contributed by atoms with van der Waals surface area (Å²) in [6.07, 6.45) is 1.44. The van der Waals surface area contributed by atoms with Crippen molar-refractivity contribution in [3.8, 4) is 0 Å². The average Bonchev–Trinajstić information content (AvgIpc) is 2.79. The standard InChI is InChI=1S/C26H27FN2O3/c1-3-32-26(31)23(19(2)30)16-22-14-15-28-25(24(22)27)29(17-20-10-6-4-7-11-20)18-21-12-8-5-9-13-21/h4-15,23H,3,16-18H2,1-2H3. The number of hydrogen-bond acceptors (Lipinski definition) is 5. The Kier molecular flexibility index (Phi) is 8.08. The number of pyridine rings is 1. The number of halogens is 1. The van der Waals surface area contributed by atoms with Gasteiger partial charge in [-0.15, -0.1) is 0 Å². The smallest absolute Gasteiger partial charge is 0.316 e. The topological polar surface area (TPSA) is 59.5 Å². The number of benzene rings is 2. The first-order valence-corrected chi connectivity index (χ1v) is 10.6. The summed E-state index contributed by atoms with van der Waals surface area (Å²) in [5.74, 6) is -2.39. The zero-order valence-electron chi connectivity index (χ0n) is 18.3. The van der Waals surface area contributed by atoms with Gasteiger partial charge < -0.3 is 9.64 Å². The van der Waals surface area contributed by atoms with Crippen molar-refractivity contribution >= 4 is 17.6 Å². The molecule has 0 aliphatic rings. The minimum absolute atomic E-state index is 0.0694. The van der Waals surface area contributed by atoms with Crippen LogP contribution in [0.4, 0.5) is 10.2 Å². The second-order valence-electron chi connectivity index (χ2n) is 7.55. The molecule has 0 radical (unpaired) electrons. The molecule has 0 spiro atoms. The van der Waals surface area contributed by atoms with Gasteiger partial charge >= 0.3 is 5.97 Å². The number of Topliss-reactive ketones (excluding diaryl/α,β-unsaturated/α-hetero) is 1. The molecule has 0 amide bonds. The Morgan fingerprint density at radius 3 is 2.03 bits per heavy atom. The summed E-state index contributed by atoms with van der Waals surface area (Å²) in [4.78, 5) is 30.4. The summed E-state index contributed by atoms with van der Waals surface area (Å²) in [5, 5.41) is 0. The zero-order valence-corrected chi connectivity index (χ0v) is 18.3. The first-order valence-electron chi connectivity index (χ1n) is 10.6. The van der Waals surface area contributed by atoms with Crippen molar-refractivity contribution in [1.82, 2.24) is 4.98 Å². The van der Waals surface area contributed by atoms with Crippen molar-refractivity contribution in [2.24, 2.45) is 5.92 Å². The number of nitrogens with zero attached hydrogens (tertiary/aromatic N) is 2. The Bertz CT molecular complexity index is 1000. The van der Waals surface area contributed by atoms with Crippen LogP contribution in [0.3, 0.4) is 0 Å². The van der Waals surface area contributed by atoms with Crippen LogP contribution in [-0.4, -0.2) is 23.3 Å². The Morgan fingerprint density at radius 1 is 0.969 bits per heavy atom. The van der Waals surface area contributed by atoms with Crippen LogP contribution in [0.25, 0.3) is 0 Å². The fourth-order valence-corrected chi connectivity index (χ4v) is 3.52. The molecule has 0 saturated heterocycles. The van der Waals surface area contributed by atoms with Gasteiger partial charge in [-0.05, 0) is 43.0 Å². The summed E-state index contributed by atoms with van der Waals surface area (Å²) in [6.45, 7) is 4.06. The Morgan fingerprint density at radius 2 is 1.53 bits per heavy atom. The number of hydrogen-bond donors (Lipinski definition) is 0. The van der Waals surface area contributed by atoms with Crippen molar-refractivity contribution in [3.63, 3.8) is 0 Å². The molecule has 3 aromatic rings. The van der Waals surface area contributed by atoms with Gasteiger partial charge in [-0.25, -0.2) is 9.37 Å². The van der Waals surface area contributed by atoms with Crippen LogP contribution in [0.1, 0.15) is 30.5 Å². The lowest BCUT2D eigenvalue weighted by Crippen LogP contribution is -2.28. The van der Waals surface area contributed by atoms with Crippen molar-refractivity contribution in [1.29, 1.82) is 0 Å². The molecule has 5 nitrogen and oxygen atoms in total. The lowest BCUT2D eigenvalue weighted by Gasteiger charge is -2.25. The molecule has 0 N–H and O–H groups in total. The highest BCUT2D eigenvalue weighted by molar-refractivity contribution is 5.98. The van der Waals surface area contributed by atoms with Crippen molar-refractivity contribution in [3.05, 3.63) is 95.4 Å². The van der Waals surface area contributed by atoms with Gasteiger partial charge in [0.05, 0.1) is 6.61 Å². The summed E-state index contributed by atoms with van der Waals surface area (Å²) in [5.41, 5.74) is 2.29. The second kappa shape index (κ2) is 11.2. The molecule has 32 heavy (non-hydrogen) atoms. The fourth-order valence-electron chi connectivity index (χ4n) is 3.52. The highest BCUT2D eigenvalue weighted by atomic mass is 19.1. The number of ether oxygens (including phenoxy) is 1. The van der Waals surface area contributed by atoms with E-state index in [1.54, 1.807) is 6.92 Å². The molecule has 0 aliphatic carbocycles. The first kappa shape index (κ1) is 23.1. The molecule has 1 heterocycles. The van der Waals surface area contributed by atoms with Gasteiger partial charge in [0, 0.05) is 19.3 Å². The van der Waals surface area contributed by atoms with Crippen LogP contribution in [0.2, 0.25) is 0 Å². The van der Waals surface area contributed by atoms with Gasteiger partial charge in [0.15, 0.2) is 11.6 Å². The van der Waals surface area contributed by atoms with E-state index in [4.69, 9.17) is 4.74 Å². The molecular formula is C26H27FN2O3. The Labute approximate surface area is 187 Å². The fraction of sp³-hybridized carbons (Fsp3) is 0.269. The largest absolute Gasteiger partial charge is 0.465 e. The third-order valence-electron chi connectivity index (χ3n) is 5.17. The van der Waals surface area contributed by atoms with E-state index >= 15 is 4.39 Å². The van der Waals surface area contributed by atoms with Crippen LogP contribution in [0.5, 0.6) is 0 Å². The maximum absolute atomic E-state index is 15.6. The third-order valence-corrected chi connectivity index (χ3v) is 5.17. The molecule has 2 aromatic carbocycles. The van der Waals surface area contributed by atoms with Gasteiger partial charge in [0.25, 0.3) is 0 Å². The molecule has 3 rings (SSSR count). The highest BCUT2D eigenvalue weighted by Crippen LogP contribution is 2.25.